The van der Waals surface area contributed by atoms with Crippen molar-refractivity contribution in [2.45, 2.75) is 40.3 Å². The van der Waals surface area contributed by atoms with Crippen molar-refractivity contribution < 1.29 is 0 Å². The predicted molar refractivity (Wildman–Crippen MR) is 90.6 cm³/mol. The van der Waals surface area contributed by atoms with E-state index >= 15 is 0 Å². The van der Waals surface area contributed by atoms with E-state index in [0.717, 1.165) is 28.7 Å². The summed E-state index contributed by atoms with van der Waals surface area (Å²) >= 11 is 3.46. The van der Waals surface area contributed by atoms with Gasteiger partial charge in [-0.1, -0.05) is 41.9 Å². The van der Waals surface area contributed by atoms with E-state index in [9.17, 15) is 4.79 Å². The van der Waals surface area contributed by atoms with E-state index in [4.69, 9.17) is 5.73 Å². The fourth-order valence-electron chi connectivity index (χ4n) is 2.59. The summed E-state index contributed by atoms with van der Waals surface area (Å²) in [7, 11) is 0. The lowest BCUT2D eigenvalue weighted by molar-refractivity contribution is 0.460. The van der Waals surface area contributed by atoms with Gasteiger partial charge in [-0.3, -0.25) is 9.48 Å². The third-order valence-electron chi connectivity index (χ3n) is 3.50. The van der Waals surface area contributed by atoms with Crippen molar-refractivity contribution in [3.8, 4) is 0 Å². The van der Waals surface area contributed by atoms with Crippen molar-refractivity contribution in [1.29, 1.82) is 0 Å². The molecule has 1 aromatic heterocycles. The number of rotatable bonds is 5. The summed E-state index contributed by atoms with van der Waals surface area (Å²) in [5.41, 5.74) is 8.38. The smallest absolute Gasteiger partial charge is 0.290 e. The molecule has 0 atom stereocenters. The lowest BCUT2D eigenvalue weighted by Gasteiger charge is -2.14. The van der Waals surface area contributed by atoms with Crippen LogP contribution in [0.3, 0.4) is 0 Å². The molecule has 4 nitrogen and oxygen atoms in total. The first-order chi connectivity index (χ1) is 9.93. The van der Waals surface area contributed by atoms with E-state index in [1.807, 2.05) is 35.9 Å². The monoisotopic (exact) mass is 351 g/mol. The zero-order valence-corrected chi connectivity index (χ0v) is 14.4. The molecule has 0 fully saturated rings. The van der Waals surface area contributed by atoms with Crippen LogP contribution in [-0.2, 0) is 19.5 Å². The number of hydrogen-bond acceptors (Lipinski definition) is 2. The molecule has 5 heteroatoms. The summed E-state index contributed by atoms with van der Waals surface area (Å²) in [6.07, 6.45) is 0.820. The van der Waals surface area contributed by atoms with Crippen LogP contribution < -0.4 is 11.3 Å². The zero-order valence-electron chi connectivity index (χ0n) is 12.8. The molecular formula is C16H22BrN3O. The summed E-state index contributed by atoms with van der Waals surface area (Å²) < 4.78 is 4.77. The molecule has 0 bridgehead atoms. The second-order valence-corrected chi connectivity index (χ2v) is 6.58. The Morgan fingerprint density at radius 2 is 2.00 bits per heavy atom. The maximum Gasteiger partial charge on any atom is 0.290 e. The van der Waals surface area contributed by atoms with Crippen molar-refractivity contribution in [3.63, 3.8) is 0 Å². The molecule has 0 spiro atoms. The lowest BCUT2D eigenvalue weighted by Crippen LogP contribution is -2.24. The summed E-state index contributed by atoms with van der Waals surface area (Å²) in [6.45, 7) is 7.59. The molecule has 2 aromatic rings. The molecule has 114 valence electrons. The fraction of sp³-hybridized carbons (Fsp3) is 0.438. The zero-order chi connectivity index (χ0) is 15.6. The third-order valence-corrected chi connectivity index (χ3v) is 3.99. The molecule has 0 unspecified atom stereocenters. The minimum atomic E-state index is -0.0903. The van der Waals surface area contributed by atoms with Gasteiger partial charge < -0.3 is 5.73 Å². The molecule has 0 aliphatic carbocycles. The highest BCUT2D eigenvalue weighted by atomic mass is 79.9. The Morgan fingerprint density at radius 1 is 1.29 bits per heavy atom. The molecule has 0 aliphatic rings. The van der Waals surface area contributed by atoms with Gasteiger partial charge in [0, 0.05) is 11.0 Å². The van der Waals surface area contributed by atoms with Gasteiger partial charge in [0.1, 0.15) is 5.69 Å². The van der Waals surface area contributed by atoms with Gasteiger partial charge in [0.25, 0.3) is 5.56 Å². The minimum absolute atomic E-state index is 0.0903. The van der Waals surface area contributed by atoms with Gasteiger partial charge in [-0.15, -0.1) is 0 Å². The Morgan fingerprint density at radius 3 is 2.57 bits per heavy atom. The number of aromatic nitrogens is 2. The highest BCUT2D eigenvalue weighted by Gasteiger charge is 2.17. The quantitative estimate of drug-likeness (QED) is 0.898. The van der Waals surface area contributed by atoms with Crippen LogP contribution in [0.25, 0.3) is 0 Å². The van der Waals surface area contributed by atoms with Crippen LogP contribution in [0.2, 0.25) is 0 Å². The Bertz CT molecular complexity index is 685. The number of anilines is 1. The van der Waals surface area contributed by atoms with E-state index in [0.29, 0.717) is 18.2 Å². The normalized spacial score (nSPS) is 11.3. The minimum Gasteiger partial charge on any atom is -0.393 e. The van der Waals surface area contributed by atoms with E-state index in [-0.39, 0.29) is 5.56 Å². The van der Waals surface area contributed by atoms with Crippen molar-refractivity contribution in [1.82, 2.24) is 9.36 Å². The Balaban J connectivity index is 2.46. The Kier molecular flexibility index (Phi) is 4.93. The van der Waals surface area contributed by atoms with Crippen LogP contribution in [0.5, 0.6) is 0 Å². The standard InChI is InChI=1S/C16H22BrN3O/c1-4-19-14(8-11(2)3)15(18)16(21)20(19)10-12-6-5-7-13(17)9-12/h5-7,9,11H,4,8,10,18H2,1-3H3. The summed E-state index contributed by atoms with van der Waals surface area (Å²) in [4.78, 5) is 12.4. The number of benzene rings is 1. The van der Waals surface area contributed by atoms with E-state index in [2.05, 4.69) is 29.8 Å². The molecule has 0 saturated heterocycles. The second kappa shape index (κ2) is 6.52. The Labute approximate surface area is 133 Å². The van der Waals surface area contributed by atoms with Gasteiger partial charge in [0.05, 0.1) is 12.2 Å². The molecule has 0 saturated carbocycles. The lowest BCUT2D eigenvalue weighted by atomic mass is 10.1. The molecule has 0 aliphatic heterocycles. The van der Waals surface area contributed by atoms with Crippen molar-refractivity contribution in [2.24, 2.45) is 5.92 Å². The molecule has 21 heavy (non-hydrogen) atoms. The highest BCUT2D eigenvalue weighted by molar-refractivity contribution is 9.10. The van der Waals surface area contributed by atoms with Gasteiger partial charge in [-0.05, 0) is 37.0 Å². The number of nitrogen functional groups attached to an aromatic ring is 1. The van der Waals surface area contributed by atoms with Crippen LogP contribution in [0.4, 0.5) is 5.69 Å². The van der Waals surface area contributed by atoms with Crippen LogP contribution in [0.1, 0.15) is 32.0 Å². The Hall–Kier alpha value is -1.49. The van der Waals surface area contributed by atoms with Crippen molar-refractivity contribution in [2.75, 3.05) is 5.73 Å². The number of halogens is 1. The number of nitrogens with zero attached hydrogens (tertiary/aromatic N) is 2. The van der Waals surface area contributed by atoms with Gasteiger partial charge in [0.15, 0.2) is 0 Å². The molecule has 2 rings (SSSR count). The first-order valence-electron chi connectivity index (χ1n) is 7.26. The highest BCUT2D eigenvalue weighted by Crippen LogP contribution is 2.17. The fourth-order valence-corrected chi connectivity index (χ4v) is 3.03. The maximum atomic E-state index is 12.4. The molecule has 0 amide bonds. The summed E-state index contributed by atoms with van der Waals surface area (Å²) in [6, 6.07) is 7.99. The van der Waals surface area contributed by atoms with E-state index in [1.54, 1.807) is 4.68 Å². The number of hydrogen-bond donors (Lipinski definition) is 1. The largest absolute Gasteiger partial charge is 0.393 e. The van der Waals surface area contributed by atoms with Crippen LogP contribution in [0, 0.1) is 5.92 Å². The van der Waals surface area contributed by atoms with Crippen LogP contribution >= 0.6 is 15.9 Å². The average Bonchev–Trinajstić information content (AvgIpc) is 2.63. The number of nitrogens with two attached hydrogens (primary N) is 1. The van der Waals surface area contributed by atoms with E-state index < -0.39 is 0 Å². The summed E-state index contributed by atoms with van der Waals surface area (Å²) in [5.74, 6) is 0.464. The molecule has 0 radical (unpaired) electrons. The van der Waals surface area contributed by atoms with E-state index in [1.165, 1.54) is 0 Å². The van der Waals surface area contributed by atoms with Crippen molar-refractivity contribution >= 4 is 21.6 Å². The van der Waals surface area contributed by atoms with Crippen molar-refractivity contribution in [3.05, 3.63) is 50.3 Å². The van der Waals surface area contributed by atoms with Crippen LogP contribution in [0.15, 0.2) is 33.5 Å². The van der Waals surface area contributed by atoms with Gasteiger partial charge in [0.2, 0.25) is 0 Å². The van der Waals surface area contributed by atoms with Gasteiger partial charge in [-0.2, -0.15) is 0 Å². The predicted octanol–water partition coefficient (Wildman–Crippen LogP) is 3.26. The first-order valence-corrected chi connectivity index (χ1v) is 8.05. The molecule has 1 aromatic carbocycles. The SMILES string of the molecule is CCn1c(CC(C)C)c(N)c(=O)n1Cc1cccc(Br)c1. The molecule has 2 N–H and O–H groups in total. The molecule has 1 heterocycles. The summed E-state index contributed by atoms with van der Waals surface area (Å²) in [5, 5.41) is 0. The van der Waals surface area contributed by atoms with Gasteiger partial charge >= 0.3 is 0 Å². The third kappa shape index (κ3) is 3.40. The van der Waals surface area contributed by atoms with Gasteiger partial charge in [-0.25, -0.2) is 4.68 Å². The maximum absolute atomic E-state index is 12.4. The second-order valence-electron chi connectivity index (χ2n) is 5.67. The molecular weight excluding hydrogens is 330 g/mol. The topological polar surface area (TPSA) is 52.9 Å². The first kappa shape index (κ1) is 15.9. The van der Waals surface area contributed by atoms with Crippen LogP contribution in [-0.4, -0.2) is 9.36 Å². The average molecular weight is 352 g/mol.